The van der Waals surface area contributed by atoms with Crippen molar-refractivity contribution in [2.24, 2.45) is 0 Å². The van der Waals surface area contributed by atoms with Gasteiger partial charge in [-0.1, -0.05) is 36.1 Å². The molecule has 1 aromatic heterocycles. The minimum absolute atomic E-state index is 0.0580. The van der Waals surface area contributed by atoms with Crippen LogP contribution < -0.4 is 4.90 Å². The summed E-state index contributed by atoms with van der Waals surface area (Å²) >= 11 is 0. The molecule has 1 atom stereocenters. The number of carbonyl (C=O) groups is 3. The van der Waals surface area contributed by atoms with Crippen LogP contribution in [0, 0.1) is 23.5 Å². The Morgan fingerprint density at radius 1 is 0.919 bits per heavy atom. The van der Waals surface area contributed by atoms with Crippen LogP contribution in [0.1, 0.15) is 30.2 Å². The van der Waals surface area contributed by atoms with Crippen molar-refractivity contribution in [3.05, 3.63) is 95.3 Å². The highest BCUT2D eigenvalue weighted by atomic mass is 19.1. The van der Waals surface area contributed by atoms with Crippen LogP contribution in [0.3, 0.4) is 0 Å². The van der Waals surface area contributed by atoms with Crippen molar-refractivity contribution >= 4 is 23.5 Å². The van der Waals surface area contributed by atoms with E-state index in [1.807, 2.05) is 6.07 Å². The molecule has 0 N–H and O–H groups in total. The lowest BCUT2D eigenvalue weighted by molar-refractivity contribution is -0.152. The number of hydrogen-bond donors (Lipinski definition) is 0. The Balaban J connectivity index is 1.41. The van der Waals surface area contributed by atoms with Crippen molar-refractivity contribution in [3.8, 4) is 11.8 Å². The number of imide groups is 1. The van der Waals surface area contributed by atoms with Gasteiger partial charge < -0.3 is 9.80 Å². The van der Waals surface area contributed by atoms with Crippen LogP contribution in [0.4, 0.5) is 19.3 Å². The molecule has 0 aliphatic carbocycles. The van der Waals surface area contributed by atoms with Crippen molar-refractivity contribution < 1.29 is 23.2 Å². The van der Waals surface area contributed by atoms with Crippen LogP contribution >= 0.6 is 0 Å². The van der Waals surface area contributed by atoms with E-state index in [0.717, 1.165) is 12.1 Å². The molecular weight excluding hydrogens is 478 g/mol. The van der Waals surface area contributed by atoms with Crippen molar-refractivity contribution in [2.75, 3.05) is 18.0 Å². The van der Waals surface area contributed by atoms with Gasteiger partial charge in [-0.05, 0) is 43.3 Å². The fourth-order valence-electron chi connectivity index (χ4n) is 4.68. The first-order valence-electron chi connectivity index (χ1n) is 11.7. The maximum Gasteiger partial charge on any atom is 0.332 e. The molecule has 5 rings (SSSR count). The number of benzene rings is 2. The highest BCUT2D eigenvalue weighted by molar-refractivity contribution is 6.19. The van der Waals surface area contributed by atoms with Crippen LogP contribution in [-0.2, 0) is 16.1 Å². The molecule has 0 radical (unpaired) electrons. The molecule has 2 aliphatic rings. The molecule has 3 aromatic rings. The number of urea groups is 1. The molecule has 2 fully saturated rings. The number of halogens is 2. The van der Waals surface area contributed by atoms with Gasteiger partial charge in [0.05, 0.1) is 18.7 Å². The Morgan fingerprint density at radius 2 is 1.59 bits per heavy atom. The average Bonchev–Trinajstić information content (AvgIpc) is 2.88. The van der Waals surface area contributed by atoms with Crippen molar-refractivity contribution in [1.29, 1.82) is 0 Å². The molecule has 4 amide bonds. The molecular formula is C28H22F2N4O3. The fourth-order valence-corrected chi connectivity index (χ4v) is 4.68. The maximum atomic E-state index is 15.1. The Hall–Kier alpha value is -4.58. The number of fused-ring (bicyclic) bond motifs is 1. The summed E-state index contributed by atoms with van der Waals surface area (Å²) in [6.45, 7) is 2.02. The summed E-state index contributed by atoms with van der Waals surface area (Å²) in [6, 6.07) is 15.3. The fraction of sp³-hybridized carbons (Fsp3) is 0.214. The largest absolute Gasteiger partial charge is 0.333 e. The van der Waals surface area contributed by atoms with E-state index in [9.17, 15) is 14.4 Å². The van der Waals surface area contributed by atoms with E-state index in [-0.39, 0.29) is 25.2 Å². The predicted octanol–water partition coefficient (Wildman–Crippen LogP) is 3.72. The molecule has 2 aromatic carbocycles. The second-order valence-corrected chi connectivity index (χ2v) is 9.07. The normalized spacial score (nSPS) is 19.4. The second kappa shape index (κ2) is 9.47. The molecule has 9 heteroatoms. The SMILES string of the molecule is CC12CC(=O)N(c3c(F)cc(C#Cc4ccccc4)cc3F)C(=O)N1CCN(Cc1ccccn1)C2=O. The lowest BCUT2D eigenvalue weighted by atomic mass is 9.88. The van der Waals surface area contributed by atoms with Crippen LogP contribution in [0.25, 0.3) is 0 Å². The molecule has 0 spiro atoms. The summed E-state index contributed by atoms with van der Waals surface area (Å²) in [7, 11) is 0. The van der Waals surface area contributed by atoms with Gasteiger partial charge in [-0.15, -0.1) is 0 Å². The van der Waals surface area contributed by atoms with E-state index < -0.39 is 47.1 Å². The summed E-state index contributed by atoms with van der Waals surface area (Å²) in [5, 5.41) is 0. The molecule has 186 valence electrons. The first-order valence-corrected chi connectivity index (χ1v) is 11.7. The zero-order chi connectivity index (χ0) is 26.2. The zero-order valence-corrected chi connectivity index (χ0v) is 19.9. The summed E-state index contributed by atoms with van der Waals surface area (Å²) in [5.41, 5.74) is -0.845. The number of pyridine rings is 1. The minimum atomic E-state index is -1.47. The van der Waals surface area contributed by atoms with E-state index in [4.69, 9.17) is 0 Å². The predicted molar refractivity (Wildman–Crippen MR) is 131 cm³/mol. The zero-order valence-electron chi connectivity index (χ0n) is 19.9. The lowest BCUT2D eigenvalue weighted by Gasteiger charge is -2.51. The third-order valence-electron chi connectivity index (χ3n) is 6.55. The van der Waals surface area contributed by atoms with Gasteiger partial charge in [0.25, 0.3) is 0 Å². The van der Waals surface area contributed by atoms with Gasteiger partial charge >= 0.3 is 6.03 Å². The smallest absolute Gasteiger partial charge is 0.332 e. The summed E-state index contributed by atoms with van der Waals surface area (Å²) in [6.07, 6.45) is 1.20. The van der Waals surface area contributed by atoms with Gasteiger partial charge in [0, 0.05) is 30.4 Å². The van der Waals surface area contributed by atoms with Crippen LogP contribution in [0.5, 0.6) is 0 Å². The third-order valence-corrected chi connectivity index (χ3v) is 6.55. The van der Waals surface area contributed by atoms with Gasteiger partial charge in [-0.2, -0.15) is 0 Å². The van der Waals surface area contributed by atoms with Crippen LogP contribution in [-0.4, -0.2) is 51.3 Å². The average molecular weight is 501 g/mol. The lowest BCUT2D eigenvalue weighted by Crippen LogP contribution is -2.72. The number of amides is 4. The van der Waals surface area contributed by atoms with Gasteiger partial charge in [0.2, 0.25) is 11.8 Å². The minimum Gasteiger partial charge on any atom is -0.333 e. The third kappa shape index (κ3) is 4.42. The van der Waals surface area contributed by atoms with Crippen LogP contribution in [0.15, 0.2) is 66.9 Å². The monoisotopic (exact) mass is 500 g/mol. The number of aromatic nitrogens is 1. The summed E-state index contributed by atoms with van der Waals surface area (Å²) in [4.78, 5) is 47.3. The summed E-state index contributed by atoms with van der Waals surface area (Å²) < 4.78 is 30.2. The molecule has 1 unspecified atom stereocenters. The van der Waals surface area contributed by atoms with Gasteiger partial charge in [-0.25, -0.2) is 18.5 Å². The number of nitrogens with zero attached hydrogens (tertiary/aromatic N) is 4. The van der Waals surface area contributed by atoms with E-state index in [2.05, 4.69) is 16.8 Å². The standard InChI is InChI=1S/C28H22F2N4O3/c1-28-17-24(35)34(25-22(29)15-20(16-23(25)30)11-10-19-7-3-2-4-8-19)27(37)33(28)14-13-32(26(28)36)18-21-9-5-6-12-31-21/h2-9,12,15-16H,13-14,17-18H2,1H3. The Kier molecular flexibility index (Phi) is 6.17. The first-order chi connectivity index (χ1) is 17.8. The van der Waals surface area contributed by atoms with Crippen molar-refractivity contribution in [1.82, 2.24) is 14.8 Å². The molecule has 0 saturated carbocycles. The highest BCUT2D eigenvalue weighted by Crippen LogP contribution is 2.37. The number of anilines is 1. The van der Waals surface area contributed by atoms with Gasteiger partial charge in [0.15, 0.2) is 11.6 Å². The molecule has 0 bridgehead atoms. The van der Waals surface area contributed by atoms with Crippen LogP contribution in [0.2, 0.25) is 0 Å². The van der Waals surface area contributed by atoms with E-state index in [1.165, 1.54) is 16.7 Å². The number of piperazine rings is 1. The number of rotatable bonds is 3. The van der Waals surface area contributed by atoms with E-state index in [0.29, 0.717) is 16.2 Å². The van der Waals surface area contributed by atoms with E-state index in [1.54, 1.807) is 48.7 Å². The quantitative estimate of drug-likeness (QED) is 0.514. The highest BCUT2D eigenvalue weighted by Gasteiger charge is 2.55. The Morgan fingerprint density at radius 3 is 2.27 bits per heavy atom. The summed E-state index contributed by atoms with van der Waals surface area (Å²) in [5.74, 6) is 2.04. The van der Waals surface area contributed by atoms with Crippen molar-refractivity contribution in [3.63, 3.8) is 0 Å². The molecule has 7 nitrogen and oxygen atoms in total. The first kappa shape index (κ1) is 24.1. The van der Waals surface area contributed by atoms with Crippen molar-refractivity contribution in [2.45, 2.75) is 25.4 Å². The number of carbonyl (C=O) groups excluding carboxylic acids is 3. The molecule has 37 heavy (non-hydrogen) atoms. The van der Waals surface area contributed by atoms with E-state index >= 15 is 8.78 Å². The molecule has 2 aliphatic heterocycles. The molecule has 2 saturated heterocycles. The molecule has 3 heterocycles. The maximum absolute atomic E-state index is 15.1. The topological polar surface area (TPSA) is 73.8 Å². The Labute approximate surface area is 212 Å². The van der Waals surface area contributed by atoms with Gasteiger partial charge in [-0.3, -0.25) is 14.6 Å². The Bertz CT molecular complexity index is 1430. The van der Waals surface area contributed by atoms with Gasteiger partial charge in [0.1, 0.15) is 11.2 Å². The number of hydrogen-bond acceptors (Lipinski definition) is 4. The second-order valence-electron chi connectivity index (χ2n) is 9.07.